The number of amides is 2. The van der Waals surface area contributed by atoms with Crippen molar-refractivity contribution in [1.82, 2.24) is 20.3 Å². The Bertz CT molecular complexity index is 1200. The summed E-state index contributed by atoms with van der Waals surface area (Å²) in [5.74, 6) is -3.83. The van der Waals surface area contributed by atoms with Crippen molar-refractivity contribution >= 4 is 41.5 Å². The maximum atomic E-state index is 13.8. The van der Waals surface area contributed by atoms with Crippen LogP contribution in [-0.2, 0) is 22.6 Å². The summed E-state index contributed by atoms with van der Waals surface area (Å²) < 4.78 is 40.3. The van der Waals surface area contributed by atoms with Crippen LogP contribution in [0.3, 0.4) is 0 Å². The van der Waals surface area contributed by atoms with E-state index in [9.17, 15) is 22.8 Å². The first-order chi connectivity index (χ1) is 15.8. The van der Waals surface area contributed by atoms with Gasteiger partial charge in [0.15, 0.2) is 11.6 Å². The lowest BCUT2D eigenvalue weighted by Crippen LogP contribution is -2.46. The number of aromatic nitrogens is 2. The van der Waals surface area contributed by atoms with Gasteiger partial charge >= 0.3 is 0 Å². The number of hydrazone groups is 1. The van der Waals surface area contributed by atoms with E-state index < -0.39 is 41.3 Å². The second-order valence-corrected chi connectivity index (χ2v) is 7.73. The maximum Gasteiger partial charge on any atom is 0.245 e. The molecular weight excluding hydrogens is 473 g/mol. The van der Waals surface area contributed by atoms with Crippen LogP contribution in [0.2, 0.25) is 0 Å². The molecule has 0 bridgehead atoms. The molecule has 2 amide bonds. The largest absolute Gasteiger partial charge is 0.347 e. The Morgan fingerprint density at radius 3 is 2.68 bits per heavy atom. The molecule has 0 saturated carbocycles. The highest BCUT2D eigenvalue weighted by atomic mass is 35.5. The number of hydrogen-bond acceptors (Lipinski definition) is 5. The van der Waals surface area contributed by atoms with Gasteiger partial charge in [0.2, 0.25) is 11.8 Å². The van der Waals surface area contributed by atoms with Gasteiger partial charge in [-0.2, -0.15) is 5.10 Å². The molecular formula is C22H22ClF3N6O2. The van der Waals surface area contributed by atoms with Crippen molar-refractivity contribution < 1.29 is 22.8 Å². The van der Waals surface area contributed by atoms with E-state index in [4.69, 9.17) is 5.73 Å². The molecule has 0 radical (unpaired) electrons. The minimum atomic E-state index is -1.30. The molecule has 180 valence electrons. The zero-order valence-electron chi connectivity index (χ0n) is 17.8. The summed E-state index contributed by atoms with van der Waals surface area (Å²) in [6.07, 6.45) is 1.23. The van der Waals surface area contributed by atoms with Crippen LogP contribution in [0.25, 0.3) is 11.0 Å². The number of carbonyl (C=O) groups is 2. The number of nitrogens with one attached hydrogen (secondary N) is 2. The zero-order valence-corrected chi connectivity index (χ0v) is 18.6. The van der Waals surface area contributed by atoms with Crippen molar-refractivity contribution in [3.8, 4) is 0 Å². The number of para-hydroxylation sites is 2. The third-order valence-electron chi connectivity index (χ3n) is 5.26. The van der Waals surface area contributed by atoms with E-state index >= 15 is 0 Å². The van der Waals surface area contributed by atoms with Crippen molar-refractivity contribution in [2.45, 2.75) is 37.9 Å². The average Bonchev–Trinajstić information content (AvgIpc) is 3.42. The number of fused-ring (bicyclic) bond motifs is 1. The number of H-pyrrole nitrogens is 1. The van der Waals surface area contributed by atoms with Crippen molar-refractivity contribution in [1.29, 1.82) is 0 Å². The molecule has 1 aromatic heterocycles. The number of benzene rings is 2. The molecule has 34 heavy (non-hydrogen) atoms. The fourth-order valence-electron chi connectivity index (χ4n) is 3.64. The standard InChI is InChI=1S/C22H21F3N6O2.ClH/c23-14-10-16(25)15(24)8-12(14)7-13(26)9-21(32)31-19(5-6-28-31)22(33)27-11-20-29-17-3-1-2-4-18(17)30-20;/h1-4,6,8,10,13,19H,5,7,9,11,26H2,(H,27,33)(H,29,30);1H/t13-,19?;/m1./s1. The van der Waals surface area contributed by atoms with Gasteiger partial charge in [0, 0.05) is 31.2 Å². The van der Waals surface area contributed by atoms with Gasteiger partial charge in [-0.15, -0.1) is 12.4 Å². The van der Waals surface area contributed by atoms with Gasteiger partial charge in [0.1, 0.15) is 17.7 Å². The van der Waals surface area contributed by atoms with Crippen LogP contribution < -0.4 is 11.1 Å². The predicted octanol–water partition coefficient (Wildman–Crippen LogP) is 2.57. The molecule has 0 saturated heterocycles. The van der Waals surface area contributed by atoms with E-state index in [1.807, 2.05) is 24.3 Å². The average molecular weight is 495 g/mol. The minimum Gasteiger partial charge on any atom is -0.347 e. The molecule has 2 heterocycles. The molecule has 0 spiro atoms. The molecule has 1 unspecified atom stereocenters. The molecule has 0 fully saturated rings. The van der Waals surface area contributed by atoms with E-state index in [1.54, 1.807) is 0 Å². The monoisotopic (exact) mass is 494 g/mol. The Kier molecular flexibility index (Phi) is 7.90. The molecule has 0 aliphatic carbocycles. The first-order valence-electron chi connectivity index (χ1n) is 10.3. The Morgan fingerprint density at radius 1 is 1.18 bits per heavy atom. The third kappa shape index (κ3) is 5.54. The fourth-order valence-corrected chi connectivity index (χ4v) is 3.64. The highest BCUT2D eigenvalue weighted by molar-refractivity contribution is 5.92. The van der Waals surface area contributed by atoms with Crippen LogP contribution in [0.4, 0.5) is 13.2 Å². The molecule has 4 rings (SSSR count). The molecule has 12 heteroatoms. The van der Waals surface area contributed by atoms with Gasteiger partial charge in [-0.3, -0.25) is 9.59 Å². The Morgan fingerprint density at radius 2 is 1.91 bits per heavy atom. The molecule has 2 atom stereocenters. The maximum absolute atomic E-state index is 13.8. The number of aromatic amines is 1. The van der Waals surface area contributed by atoms with Crippen LogP contribution in [-0.4, -0.2) is 45.1 Å². The second kappa shape index (κ2) is 10.7. The first kappa shape index (κ1) is 25.2. The highest BCUT2D eigenvalue weighted by Crippen LogP contribution is 2.18. The number of hydrogen-bond donors (Lipinski definition) is 3. The number of carbonyl (C=O) groups excluding carboxylic acids is 2. The number of halogens is 4. The summed E-state index contributed by atoms with van der Waals surface area (Å²) in [7, 11) is 0. The van der Waals surface area contributed by atoms with Crippen LogP contribution in [0, 0.1) is 17.5 Å². The van der Waals surface area contributed by atoms with Crippen LogP contribution in [0.1, 0.15) is 24.2 Å². The molecule has 4 N–H and O–H groups in total. The smallest absolute Gasteiger partial charge is 0.245 e. The molecule has 2 aromatic carbocycles. The predicted molar refractivity (Wildman–Crippen MR) is 122 cm³/mol. The lowest BCUT2D eigenvalue weighted by atomic mass is 10.0. The second-order valence-electron chi connectivity index (χ2n) is 7.73. The molecule has 1 aliphatic heterocycles. The Balaban J connectivity index is 0.00000324. The quantitative estimate of drug-likeness (QED) is 0.438. The fraction of sp³-hybridized carbons (Fsp3) is 0.273. The first-order valence-corrected chi connectivity index (χ1v) is 10.3. The summed E-state index contributed by atoms with van der Waals surface area (Å²) in [6.45, 7) is 0.140. The molecule has 8 nitrogen and oxygen atoms in total. The summed E-state index contributed by atoms with van der Waals surface area (Å²) in [5.41, 5.74) is 7.40. The van der Waals surface area contributed by atoms with Crippen LogP contribution >= 0.6 is 12.4 Å². The van der Waals surface area contributed by atoms with Crippen molar-refractivity contribution in [3.05, 3.63) is 65.2 Å². The third-order valence-corrected chi connectivity index (χ3v) is 5.26. The normalized spacial score (nSPS) is 15.9. The minimum absolute atomic E-state index is 0. The molecule has 1 aliphatic rings. The van der Waals surface area contributed by atoms with Gasteiger partial charge in [0.05, 0.1) is 17.6 Å². The van der Waals surface area contributed by atoms with Crippen LogP contribution in [0.5, 0.6) is 0 Å². The van der Waals surface area contributed by atoms with Crippen molar-refractivity contribution in [2.24, 2.45) is 10.8 Å². The molecule has 3 aromatic rings. The number of imidazole rings is 1. The number of nitrogens with two attached hydrogens (primary N) is 1. The van der Waals surface area contributed by atoms with E-state index in [0.29, 0.717) is 11.9 Å². The highest BCUT2D eigenvalue weighted by Gasteiger charge is 2.33. The number of nitrogens with zero attached hydrogens (tertiary/aromatic N) is 3. The summed E-state index contributed by atoms with van der Waals surface area (Å²) in [4.78, 5) is 32.8. The Labute approximate surface area is 198 Å². The van der Waals surface area contributed by atoms with E-state index in [2.05, 4.69) is 20.4 Å². The lowest BCUT2D eigenvalue weighted by molar-refractivity contribution is -0.139. The number of rotatable bonds is 7. The van der Waals surface area contributed by atoms with Gasteiger partial charge in [-0.25, -0.2) is 23.2 Å². The zero-order chi connectivity index (χ0) is 23.5. The van der Waals surface area contributed by atoms with Gasteiger partial charge < -0.3 is 16.0 Å². The summed E-state index contributed by atoms with van der Waals surface area (Å²) >= 11 is 0. The topological polar surface area (TPSA) is 116 Å². The van der Waals surface area contributed by atoms with E-state index in [0.717, 1.165) is 22.1 Å². The Hall–Kier alpha value is -3.44. The SMILES string of the molecule is Cl.N[C@@H](CC(=O)N1N=CCC1C(=O)NCc1nc2ccccc2[nH]1)Cc1cc(F)c(F)cc1F. The summed E-state index contributed by atoms with van der Waals surface area (Å²) in [6, 6.07) is 6.86. The lowest BCUT2D eigenvalue weighted by Gasteiger charge is -2.22. The van der Waals surface area contributed by atoms with Gasteiger partial charge in [-0.1, -0.05) is 12.1 Å². The van der Waals surface area contributed by atoms with Gasteiger partial charge in [-0.05, 0) is 30.2 Å². The summed E-state index contributed by atoms with van der Waals surface area (Å²) in [5, 5.41) is 7.74. The van der Waals surface area contributed by atoms with Crippen molar-refractivity contribution in [2.75, 3.05) is 0 Å². The van der Waals surface area contributed by atoms with Crippen LogP contribution in [0.15, 0.2) is 41.5 Å². The van der Waals surface area contributed by atoms with E-state index in [1.165, 1.54) is 6.21 Å². The van der Waals surface area contributed by atoms with Crippen molar-refractivity contribution in [3.63, 3.8) is 0 Å². The van der Waals surface area contributed by atoms with Gasteiger partial charge in [0.25, 0.3) is 0 Å². The van der Waals surface area contributed by atoms with E-state index in [-0.39, 0.29) is 43.8 Å².